The normalized spacial score (nSPS) is 11.5. The lowest BCUT2D eigenvalue weighted by Crippen LogP contribution is -2.17. The van der Waals surface area contributed by atoms with E-state index in [9.17, 15) is 13.2 Å². The summed E-state index contributed by atoms with van der Waals surface area (Å²) < 4.78 is 31.3. The molecule has 0 saturated carbocycles. The Morgan fingerprint density at radius 2 is 1.96 bits per heavy atom. The van der Waals surface area contributed by atoms with Crippen LogP contribution < -0.4 is 5.32 Å². The third kappa shape index (κ3) is 4.27. The average Bonchev–Trinajstić information content (AvgIpc) is 3.22. The minimum Gasteiger partial charge on any atom is -0.401 e. The van der Waals surface area contributed by atoms with Gasteiger partial charge in [-0.3, -0.25) is 14.8 Å². The lowest BCUT2D eigenvalue weighted by molar-refractivity contribution is -0.115. The second kappa shape index (κ2) is 7.26. The number of halogens is 1. The van der Waals surface area contributed by atoms with Gasteiger partial charge in [0.05, 0.1) is 10.6 Å². The van der Waals surface area contributed by atoms with E-state index in [1.807, 2.05) is 0 Å². The van der Waals surface area contributed by atoms with E-state index < -0.39 is 15.7 Å². The van der Waals surface area contributed by atoms with Crippen molar-refractivity contribution in [3.63, 3.8) is 0 Å². The highest BCUT2D eigenvalue weighted by Crippen LogP contribution is 2.18. The molecule has 1 aromatic carbocycles. The molecular weight excluding hydrogens is 382 g/mol. The van der Waals surface area contributed by atoms with Crippen LogP contribution in [0.25, 0.3) is 11.6 Å². The maximum absolute atomic E-state index is 12.2. The number of anilines is 1. The van der Waals surface area contributed by atoms with E-state index in [2.05, 4.69) is 20.6 Å². The van der Waals surface area contributed by atoms with Crippen molar-refractivity contribution in [3.8, 4) is 11.6 Å². The van der Waals surface area contributed by atoms with Gasteiger partial charge in [-0.1, -0.05) is 16.7 Å². The van der Waals surface area contributed by atoms with Crippen molar-refractivity contribution in [1.29, 1.82) is 0 Å². The molecule has 0 fully saturated rings. The molecule has 3 aromatic rings. The molecule has 0 aliphatic rings. The molecule has 136 valence electrons. The molecule has 0 saturated heterocycles. The third-order valence-corrected chi connectivity index (χ3v) is 5.36. The van der Waals surface area contributed by atoms with Crippen LogP contribution in [0.5, 0.6) is 0 Å². The van der Waals surface area contributed by atoms with Crippen molar-refractivity contribution < 1.29 is 17.6 Å². The average molecular weight is 396 g/mol. The Hall–Kier alpha value is -2.72. The van der Waals surface area contributed by atoms with Crippen LogP contribution in [0.4, 0.5) is 6.01 Å². The molecule has 0 bridgehead atoms. The predicted molar refractivity (Wildman–Crippen MR) is 93.3 cm³/mol. The van der Waals surface area contributed by atoms with E-state index in [0.29, 0.717) is 10.7 Å². The molecule has 0 aliphatic carbocycles. The number of rotatable bonds is 6. The molecule has 0 aliphatic heterocycles. The first-order valence-corrected chi connectivity index (χ1v) is 9.48. The fourth-order valence-electron chi connectivity index (χ4n) is 2.07. The summed E-state index contributed by atoms with van der Waals surface area (Å²) in [4.78, 5) is 12.1. The highest BCUT2D eigenvalue weighted by molar-refractivity contribution is 7.91. The first-order valence-electron chi connectivity index (χ1n) is 7.45. The largest absolute Gasteiger partial charge is 0.401 e. The first kappa shape index (κ1) is 18.1. The quantitative estimate of drug-likeness (QED) is 0.676. The monoisotopic (exact) mass is 395 g/mol. The second-order valence-electron chi connectivity index (χ2n) is 5.36. The molecule has 0 spiro atoms. The summed E-state index contributed by atoms with van der Waals surface area (Å²) in [6.07, 6.45) is 1.45. The number of amides is 1. The second-order valence-corrected chi connectivity index (χ2v) is 7.90. The number of hydrogen-bond acceptors (Lipinski definition) is 7. The zero-order valence-electron chi connectivity index (χ0n) is 13.6. The maximum Gasteiger partial charge on any atom is 0.322 e. The van der Waals surface area contributed by atoms with Crippen molar-refractivity contribution in [2.45, 2.75) is 11.3 Å². The van der Waals surface area contributed by atoms with Gasteiger partial charge in [0.15, 0.2) is 9.84 Å². The van der Waals surface area contributed by atoms with Crippen molar-refractivity contribution in [2.24, 2.45) is 7.05 Å². The highest BCUT2D eigenvalue weighted by atomic mass is 35.5. The van der Waals surface area contributed by atoms with Gasteiger partial charge in [-0.25, -0.2) is 8.42 Å². The van der Waals surface area contributed by atoms with Crippen molar-refractivity contribution in [1.82, 2.24) is 20.0 Å². The number of carbonyl (C=O) groups is 1. The van der Waals surface area contributed by atoms with Crippen LogP contribution in [-0.4, -0.2) is 40.1 Å². The molecule has 0 unspecified atom stereocenters. The van der Waals surface area contributed by atoms with Gasteiger partial charge in [0.1, 0.15) is 5.69 Å². The van der Waals surface area contributed by atoms with Gasteiger partial charge in [0, 0.05) is 24.7 Å². The van der Waals surface area contributed by atoms with Gasteiger partial charge < -0.3 is 4.42 Å². The van der Waals surface area contributed by atoms with Crippen LogP contribution in [0, 0.1) is 0 Å². The molecule has 1 amide bonds. The van der Waals surface area contributed by atoms with E-state index in [4.69, 9.17) is 16.0 Å². The van der Waals surface area contributed by atoms with Crippen molar-refractivity contribution in [2.75, 3.05) is 11.1 Å². The zero-order valence-corrected chi connectivity index (χ0v) is 15.2. The summed E-state index contributed by atoms with van der Waals surface area (Å²) in [5, 5.41) is 14.4. The zero-order chi connectivity index (χ0) is 18.7. The smallest absolute Gasteiger partial charge is 0.322 e. The number of aryl methyl sites for hydroxylation is 1. The Bertz CT molecular complexity index is 1030. The maximum atomic E-state index is 12.2. The summed E-state index contributed by atoms with van der Waals surface area (Å²) in [6, 6.07) is 7.30. The molecule has 11 heteroatoms. The minimum absolute atomic E-state index is 0.102. The number of benzene rings is 1. The molecule has 9 nitrogen and oxygen atoms in total. The Balaban J connectivity index is 1.59. The Morgan fingerprint density at radius 3 is 2.62 bits per heavy atom. The Morgan fingerprint density at radius 1 is 1.23 bits per heavy atom. The SMILES string of the molecule is Cn1ccc(-c2nnc(NC(=O)CCS(=O)(=O)c3ccc(Cl)cc3)o2)n1. The number of aromatic nitrogens is 4. The highest BCUT2D eigenvalue weighted by Gasteiger charge is 2.18. The van der Waals surface area contributed by atoms with E-state index >= 15 is 0 Å². The predicted octanol–water partition coefficient (Wildman–Crippen LogP) is 1.93. The van der Waals surface area contributed by atoms with E-state index in [1.165, 1.54) is 24.3 Å². The summed E-state index contributed by atoms with van der Waals surface area (Å²) in [5.74, 6) is -0.768. The lowest BCUT2D eigenvalue weighted by atomic mass is 10.4. The van der Waals surface area contributed by atoms with Crippen LogP contribution >= 0.6 is 11.6 Å². The van der Waals surface area contributed by atoms with Crippen molar-refractivity contribution >= 4 is 33.4 Å². The van der Waals surface area contributed by atoms with Crippen LogP contribution in [0.3, 0.4) is 0 Å². The van der Waals surface area contributed by atoms with Gasteiger partial charge in [-0.2, -0.15) is 5.10 Å². The van der Waals surface area contributed by atoms with Crippen LogP contribution in [-0.2, 0) is 21.7 Å². The van der Waals surface area contributed by atoms with E-state index in [0.717, 1.165) is 0 Å². The molecule has 0 atom stereocenters. The molecule has 0 radical (unpaired) electrons. The third-order valence-electron chi connectivity index (χ3n) is 3.37. The van der Waals surface area contributed by atoms with E-state index in [1.54, 1.807) is 24.0 Å². The molecular formula is C15H14ClN5O4S. The van der Waals surface area contributed by atoms with Crippen LogP contribution in [0.1, 0.15) is 6.42 Å². The number of carbonyl (C=O) groups excluding carboxylic acids is 1. The lowest BCUT2D eigenvalue weighted by Gasteiger charge is -2.04. The standard InChI is InChI=1S/C15H14ClN5O4S/c1-21-8-6-12(20-21)14-18-19-15(25-14)17-13(22)7-9-26(23,24)11-4-2-10(16)3-5-11/h2-6,8H,7,9H2,1H3,(H,17,19,22). The van der Waals surface area contributed by atoms with Gasteiger partial charge >= 0.3 is 6.01 Å². The topological polar surface area (TPSA) is 120 Å². The fraction of sp³-hybridized carbons (Fsp3) is 0.200. The fourth-order valence-corrected chi connectivity index (χ4v) is 3.44. The van der Waals surface area contributed by atoms with Crippen molar-refractivity contribution in [3.05, 3.63) is 41.6 Å². The summed E-state index contributed by atoms with van der Waals surface area (Å²) >= 11 is 5.74. The minimum atomic E-state index is -3.60. The Kier molecular flexibility index (Phi) is 5.05. The van der Waals surface area contributed by atoms with Gasteiger partial charge in [-0.15, -0.1) is 5.10 Å². The Labute approximate surface area is 153 Å². The molecule has 2 aromatic heterocycles. The van der Waals surface area contributed by atoms with Crippen LogP contribution in [0.15, 0.2) is 45.8 Å². The van der Waals surface area contributed by atoms with E-state index in [-0.39, 0.29) is 29.0 Å². The number of sulfone groups is 1. The number of nitrogens with one attached hydrogen (secondary N) is 1. The number of hydrogen-bond donors (Lipinski definition) is 1. The summed E-state index contributed by atoms with van der Waals surface area (Å²) in [7, 11) is -1.86. The molecule has 2 heterocycles. The number of nitrogens with zero attached hydrogens (tertiary/aromatic N) is 4. The first-order chi connectivity index (χ1) is 12.3. The van der Waals surface area contributed by atoms with Crippen LogP contribution in [0.2, 0.25) is 5.02 Å². The molecule has 26 heavy (non-hydrogen) atoms. The van der Waals surface area contributed by atoms with Gasteiger partial charge in [0.2, 0.25) is 5.91 Å². The molecule has 3 rings (SSSR count). The molecule has 1 N–H and O–H groups in total. The summed E-state index contributed by atoms with van der Waals surface area (Å²) in [6.45, 7) is 0. The summed E-state index contributed by atoms with van der Waals surface area (Å²) in [5.41, 5.74) is 0.464. The van der Waals surface area contributed by atoms with Gasteiger partial charge in [0.25, 0.3) is 5.89 Å². The van der Waals surface area contributed by atoms with Gasteiger partial charge in [-0.05, 0) is 30.3 Å².